The van der Waals surface area contributed by atoms with Gasteiger partial charge in [-0.15, -0.1) is 0 Å². The second kappa shape index (κ2) is 5.57. The van der Waals surface area contributed by atoms with Gasteiger partial charge in [0, 0.05) is 5.02 Å². The van der Waals surface area contributed by atoms with Gasteiger partial charge in [0.2, 0.25) is 0 Å². The Morgan fingerprint density at radius 3 is 2.81 bits per heavy atom. The van der Waals surface area contributed by atoms with Crippen molar-refractivity contribution < 1.29 is 27.4 Å². The van der Waals surface area contributed by atoms with Gasteiger partial charge in [-0.05, 0) is 25.1 Å². The third kappa shape index (κ3) is 2.84. The first-order valence-corrected chi connectivity index (χ1v) is 6.30. The van der Waals surface area contributed by atoms with Gasteiger partial charge in [-0.3, -0.25) is 5.32 Å². The molecule has 1 aromatic carbocycles. The van der Waals surface area contributed by atoms with Crippen LogP contribution in [0.15, 0.2) is 30.4 Å². The molecule has 1 aliphatic heterocycles. The smallest absolute Gasteiger partial charge is 0.402 e. The average molecular weight is 322 g/mol. The van der Waals surface area contributed by atoms with Gasteiger partial charge < -0.3 is 9.47 Å². The van der Waals surface area contributed by atoms with Crippen molar-refractivity contribution in [3.8, 4) is 0 Å². The fraction of sp³-hybridized carbons (Fsp3) is 0.308. The number of cyclic esters (lactones) is 1. The fourth-order valence-electron chi connectivity index (χ4n) is 1.88. The number of halogens is 4. The molecule has 8 heteroatoms. The molecule has 0 saturated carbocycles. The van der Waals surface area contributed by atoms with E-state index < -0.39 is 23.6 Å². The minimum absolute atomic E-state index is 0.0616. The van der Waals surface area contributed by atoms with Gasteiger partial charge in [0.15, 0.2) is 0 Å². The number of ether oxygens (including phenoxy) is 2. The lowest BCUT2D eigenvalue weighted by Crippen LogP contribution is -2.52. The Balaban J connectivity index is 2.58. The number of hydrogen-bond acceptors (Lipinski definition) is 3. The minimum atomic E-state index is -4.97. The maximum atomic E-state index is 13.5. The van der Waals surface area contributed by atoms with E-state index in [1.165, 1.54) is 24.3 Å². The molecule has 0 aliphatic carbocycles. The predicted octanol–water partition coefficient (Wildman–Crippen LogP) is 4.21. The second-order valence-electron chi connectivity index (χ2n) is 4.20. The van der Waals surface area contributed by atoms with Gasteiger partial charge in [-0.25, -0.2) is 4.79 Å². The zero-order valence-corrected chi connectivity index (χ0v) is 11.6. The molecule has 0 fully saturated rings. The molecule has 0 saturated heterocycles. The number of nitrogens with one attached hydrogen (secondary N) is 1. The van der Waals surface area contributed by atoms with E-state index in [0.29, 0.717) is 0 Å². The van der Waals surface area contributed by atoms with E-state index in [9.17, 15) is 18.0 Å². The van der Waals surface area contributed by atoms with Crippen molar-refractivity contribution in [1.82, 2.24) is 0 Å². The Morgan fingerprint density at radius 1 is 1.48 bits per heavy atom. The summed E-state index contributed by atoms with van der Waals surface area (Å²) in [5, 5.41) is 2.25. The zero-order valence-electron chi connectivity index (χ0n) is 10.8. The molecular formula is C13H11ClF3NO3. The third-order valence-corrected chi connectivity index (χ3v) is 3.04. The van der Waals surface area contributed by atoms with Crippen LogP contribution in [0.2, 0.25) is 5.02 Å². The summed E-state index contributed by atoms with van der Waals surface area (Å²) in [5.41, 5.74) is -0.458. The first-order chi connectivity index (χ1) is 9.80. The van der Waals surface area contributed by atoms with Crippen molar-refractivity contribution in [1.29, 1.82) is 0 Å². The van der Waals surface area contributed by atoms with Crippen molar-refractivity contribution in [2.24, 2.45) is 0 Å². The topological polar surface area (TPSA) is 47.6 Å². The molecule has 1 amide bonds. The van der Waals surface area contributed by atoms with Crippen LogP contribution in [-0.2, 0) is 15.3 Å². The summed E-state index contributed by atoms with van der Waals surface area (Å²) in [6.45, 7) is 1.25. The monoisotopic (exact) mass is 321 g/mol. The van der Waals surface area contributed by atoms with Gasteiger partial charge in [-0.2, -0.15) is 13.2 Å². The van der Waals surface area contributed by atoms with Crippen molar-refractivity contribution in [3.05, 3.63) is 40.9 Å². The van der Waals surface area contributed by atoms with Crippen LogP contribution in [0.4, 0.5) is 23.7 Å². The van der Waals surface area contributed by atoms with Gasteiger partial charge >= 0.3 is 18.1 Å². The molecule has 1 N–H and O–H groups in total. The number of carbonyl (C=O) groups is 1. The molecule has 0 radical (unpaired) electrons. The van der Waals surface area contributed by atoms with E-state index in [1.54, 1.807) is 6.92 Å². The average Bonchev–Trinajstić information content (AvgIpc) is 2.38. The molecule has 0 aromatic heterocycles. The first kappa shape index (κ1) is 15.7. The molecule has 21 heavy (non-hydrogen) atoms. The quantitative estimate of drug-likeness (QED) is 0.848. The second-order valence-corrected chi connectivity index (χ2v) is 4.64. The van der Waals surface area contributed by atoms with Crippen LogP contribution in [0.1, 0.15) is 12.5 Å². The summed E-state index contributed by atoms with van der Waals surface area (Å²) in [6, 6.07) is 3.68. The molecule has 1 atom stereocenters. The number of fused-ring (bicyclic) bond motifs is 1. The van der Waals surface area contributed by atoms with Crippen molar-refractivity contribution >= 4 is 23.4 Å². The van der Waals surface area contributed by atoms with Gasteiger partial charge in [0.1, 0.15) is 0 Å². The molecule has 4 nitrogen and oxygen atoms in total. The summed E-state index contributed by atoms with van der Waals surface area (Å²) < 4.78 is 49.9. The summed E-state index contributed by atoms with van der Waals surface area (Å²) in [5.74, 6) is -3.19. The Bertz CT molecular complexity index is 589. The molecule has 114 valence electrons. The van der Waals surface area contributed by atoms with Gasteiger partial charge in [-0.1, -0.05) is 23.8 Å². The lowest BCUT2D eigenvalue weighted by atomic mass is 10.0. The fourth-order valence-corrected chi connectivity index (χ4v) is 2.05. The lowest BCUT2D eigenvalue weighted by molar-refractivity contribution is -0.368. The lowest BCUT2D eigenvalue weighted by Gasteiger charge is -2.38. The number of anilines is 1. The van der Waals surface area contributed by atoms with Crippen LogP contribution in [0.3, 0.4) is 0 Å². The highest BCUT2D eigenvalue weighted by atomic mass is 35.5. The number of amides is 1. The maximum Gasteiger partial charge on any atom is 0.460 e. The highest BCUT2D eigenvalue weighted by molar-refractivity contribution is 6.30. The van der Waals surface area contributed by atoms with E-state index in [1.807, 2.05) is 0 Å². The van der Waals surface area contributed by atoms with E-state index in [0.717, 1.165) is 6.07 Å². The number of allylic oxidation sites excluding steroid dienone is 1. The third-order valence-electron chi connectivity index (χ3n) is 2.80. The molecule has 1 aromatic rings. The van der Waals surface area contributed by atoms with E-state index >= 15 is 0 Å². The summed E-state index contributed by atoms with van der Waals surface area (Å²) in [4.78, 5) is 11.4. The summed E-state index contributed by atoms with van der Waals surface area (Å²) >= 11 is 5.75. The van der Waals surface area contributed by atoms with E-state index in [-0.39, 0.29) is 17.3 Å². The highest BCUT2D eigenvalue weighted by Crippen LogP contribution is 2.48. The van der Waals surface area contributed by atoms with Crippen molar-refractivity contribution in [2.75, 3.05) is 11.9 Å². The Kier molecular flexibility index (Phi) is 4.15. The number of hydrogen-bond donors (Lipinski definition) is 1. The summed E-state index contributed by atoms with van der Waals surface area (Å²) in [6.07, 6.45) is -3.33. The number of carbonyl (C=O) groups excluding carboxylic acids is 1. The normalized spacial score (nSPS) is 21.9. The molecule has 0 spiro atoms. The Morgan fingerprint density at radius 2 is 2.19 bits per heavy atom. The number of rotatable bonds is 3. The highest BCUT2D eigenvalue weighted by Gasteiger charge is 2.64. The molecular weight excluding hydrogens is 311 g/mol. The van der Waals surface area contributed by atoms with Crippen molar-refractivity contribution in [3.63, 3.8) is 0 Å². The zero-order chi connectivity index (χ0) is 15.7. The van der Waals surface area contributed by atoms with Crippen molar-refractivity contribution in [2.45, 2.75) is 18.9 Å². The SMILES string of the molecule is C/C=C\CO[C@]1(C(F)(F)F)OC(=O)Nc2ccc(Cl)cc21. The van der Waals surface area contributed by atoms with E-state index in [2.05, 4.69) is 10.1 Å². The van der Waals surface area contributed by atoms with Crippen LogP contribution in [0.25, 0.3) is 0 Å². The Hall–Kier alpha value is -1.73. The molecule has 1 aliphatic rings. The van der Waals surface area contributed by atoms with Crippen LogP contribution in [0.5, 0.6) is 0 Å². The first-order valence-electron chi connectivity index (χ1n) is 5.92. The Labute approximate surface area is 123 Å². The van der Waals surface area contributed by atoms with E-state index in [4.69, 9.17) is 16.3 Å². The number of alkyl halides is 3. The number of benzene rings is 1. The molecule has 0 bridgehead atoms. The van der Waals surface area contributed by atoms with Crippen LogP contribution < -0.4 is 5.32 Å². The largest absolute Gasteiger partial charge is 0.460 e. The van der Waals surface area contributed by atoms with Gasteiger partial charge in [0.25, 0.3) is 0 Å². The van der Waals surface area contributed by atoms with Crippen LogP contribution in [0, 0.1) is 0 Å². The minimum Gasteiger partial charge on any atom is -0.402 e. The predicted molar refractivity (Wildman–Crippen MR) is 70.1 cm³/mol. The standard InChI is InChI=1S/C13H11ClF3NO3/c1-2-3-6-20-12(13(15,16)17)9-7-8(14)4-5-10(9)18-11(19)21-12/h2-5,7H,6H2,1H3,(H,18,19)/b3-2-/t12-/m0/s1. The van der Waals surface area contributed by atoms with Crippen LogP contribution >= 0.6 is 11.6 Å². The maximum absolute atomic E-state index is 13.5. The molecule has 1 heterocycles. The summed E-state index contributed by atoms with van der Waals surface area (Å²) in [7, 11) is 0. The van der Waals surface area contributed by atoms with Gasteiger partial charge in [0.05, 0.1) is 17.9 Å². The van der Waals surface area contributed by atoms with Crippen LogP contribution in [-0.4, -0.2) is 18.9 Å². The molecule has 0 unspecified atom stereocenters. The molecule has 2 rings (SSSR count).